The molecule has 0 bridgehead atoms. The number of hydrogen-bond donors (Lipinski definition) is 0. The summed E-state index contributed by atoms with van der Waals surface area (Å²) in [6.45, 7) is 0. The molecule has 0 nitrogen and oxygen atoms in total. The Morgan fingerprint density at radius 2 is 1.10 bits per heavy atom. The molecule has 1 aromatic carbocycles. The van der Waals surface area contributed by atoms with Crippen molar-refractivity contribution in [3.63, 3.8) is 0 Å². The number of rotatable bonds is 0. The summed E-state index contributed by atoms with van der Waals surface area (Å²) >= 11 is 0. The van der Waals surface area contributed by atoms with Crippen molar-refractivity contribution in [2.45, 2.75) is 38.5 Å². The second kappa shape index (κ2) is 3.85. The molecule has 0 radical (unpaired) electrons. The van der Waals surface area contributed by atoms with Crippen LogP contribution < -0.4 is 0 Å². The fourth-order valence-electron chi connectivity index (χ4n) is 4.32. The maximum Gasteiger partial charge on any atom is -0.00231 e. The van der Waals surface area contributed by atoms with E-state index < -0.39 is 0 Å². The molecule has 0 unspecified atom stereocenters. The summed E-state index contributed by atoms with van der Waals surface area (Å²) in [6, 6.07) is 4.79. The van der Waals surface area contributed by atoms with E-state index in [1.54, 1.807) is 44.5 Å². The molecule has 0 saturated heterocycles. The van der Waals surface area contributed by atoms with Crippen LogP contribution in [-0.4, -0.2) is 0 Å². The predicted molar refractivity (Wildman–Crippen MR) is 82.8 cm³/mol. The summed E-state index contributed by atoms with van der Waals surface area (Å²) < 4.78 is 0. The Morgan fingerprint density at radius 1 is 0.600 bits per heavy atom. The third kappa shape index (κ3) is 1.42. The van der Waals surface area contributed by atoms with Gasteiger partial charge in [-0.25, -0.2) is 0 Å². The molecule has 0 fully saturated rings. The first-order valence-electron chi connectivity index (χ1n) is 7.76. The summed E-state index contributed by atoms with van der Waals surface area (Å²) in [7, 11) is 0. The Morgan fingerprint density at radius 3 is 1.60 bits per heavy atom. The summed E-state index contributed by atoms with van der Waals surface area (Å²) in [5.41, 5.74) is 13.1. The summed E-state index contributed by atoms with van der Waals surface area (Å²) in [6.07, 6.45) is 16.5. The quantitative estimate of drug-likeness (QED) is 0.647. The van der Waals surface area contributed by atoms with E-state index in [1.807, 2.05) is 0 Å². The van der Waals surface area contributed by atoms with E-state index in [0.29, 0.717) is 0 Å². The highest BCUT2D eigenvalue weighted by Gasteiger charge is 2.26. The molecule has 5 rings (SSSR count). The highest BCUT2D eigenvalue weighted by atomic mass is 14.3. The zero-order valence-electron chi connectivity index (χ0n) is 11.7. The van der Waals surface area contributed by atoms with Crippen molar-refractivity contribution in [2.24, 2.45) is 0 Å². The van der Waals surface area contributed by atoms with Gasteiger partial charge in [-0.05, 0) is 71.9 Å². The van der Waals surface area contributed by atoms with Crippen LogP contribution in [0.2, 0.25) is 0 Å². The highest BCUT2D eigenvalue weighted by Crippen LogP contribution is 2.40. The van der Waals surface area contributed by atoms with Gasteiger partial charge in [0, 0.05) is 0 Å². The van der Waals surface area contributed by atoms with E-state index in [2.05, 4.69) is 36.4 Å². The topological polar surface area (TPSA) is 0 Å². The van der Waals surface area contributed by atoms with Crippen molar-refractivity contribution in [2.75, 3.05) is 0 Å². The number of allylic oxidation sites excluding steroid dienone is 8. The molecule has 0 heteroatoms. The Labute approximate surface area is 120 Å². The minimum absolute atomic E-state index is 1.17. The highest BCUT2D eigenvalue weighted by molar-refractivity contribution is 5.57. The van der Waals surface area contributed by atoms with E-state index in [1.165, 1.54) is 38.5 Å². The van der Waals surface area contributed by atoms with Crippen LogP contribution in [0.25, 0.3) is 0 Å². The maximum absolute atomic E-state index is 2.40. The molecule has 98 valence electrons. The molecule has 0 atom stereocenters. The Hall–Kier alpha value is -1.82. The van der Waals surface area contributed by atoms with Crippen molar-refractivity contribution >= 4 is 0 Å². The second-order valence-electron chi connectivity index (χ2n) is 6.52. The smallest absolute Gasteiger partial charge is 0.00231 e. The van der Waals surface area contributed by atoms with Gasteiger partial charge in [0.05, 0.1) is 0 Å². The van der Waals surface area contributed by atoms with E-state index in [9.17, 15) is 0 Å². The maximum atomic E-state index is 2.40. The molecular formula is C20H18. The lowest BCUT2D eigenvalue weighted by molar-refractivity contribution is 0.891. The monoisotopic (exact) mass is 258 g/mol. The van der Waals surface area contributed by atoms with Gasteiger partial charge in [0.25, 0.3) is 0 Å². The van der Waals surface area contributed by atoms with Crippen LogP contribution in [0.5, 0.6) is 0 Å². The normalized spacial score (nSPS) is 22.0. The minimum Gasteiger partial charge on any atom is -0.0802 e. The van der Waals surface area contributed by atoms with E-state index in [4.69, 9.17) is 0 Å². The summed E-state index contributed by atoms with van der Waals surface area (Å²) in [5.74, 6) is 0. The molecule has 4 aliphatic rings. The van der Waals surface area contributed by atoms with Gasteiger partial charge >= 0.3 is 0 Å². The lowest BCUT2D eigenvalue weighted by atomic mass is 9.77. The second-order valence-corrected chi connectivity index (χ2v) is 6.52. The van der Waals surface area contributed by atoms with Crippen LogP contribution in [0.1, 0.15) is 35.1 Å². The lowest BCUT2D eigenvalue weighted by Crippen LogP contribution is -2.14. The first-order valence-corrected chi connectivity index (χ1v) is 7.76. The SMILES string of the molecule is C1=CC2=C(C1)Cc1c(ccc3c1CC1=C(C=CC1)C3)C2. The molecule has 0 heterocycles. The first-order chi connectivity index (χ1) is 9.88. The van der Waals surface area contributed by atoms with Gasteiger partial charge < -0.3 is 0 Å². The van der Waals surface area contributed by atoms with Gasteiger partial charge in [0.1, 0.15) is 0 Å². The van der Waals surface area contributed by atoms with Crippen molar-refractivity contribution in [1.29, 1.82) is 0 Å². The van der Waals surface area contributed by atoms with Crippen molar-refractivity contribution < 1.29 is 0 Å². The average Bonchev–Trinajstić information content (AvgIpc) is 3.10. The largest absolute Gasteiger partial charge is 0.0802 e. The fraction of sp³-hybridized carbons (Fsp3) is 0.300. The van der Waals surface area contributed by atoms with Gasteiger partial charge in [-0.1, -0.05) is 47.6 Å². The molecular weight excluding hydrogens is 240 g/mol. The Bertz CT molecular complexity index is 685. The van der Waals surface area contributed by atoms with Gasteiger partial charge in [-0.3, -0.25) is 0 Å². The zero-order valence-corrected chi connectivity index (χ0v) is 11.7. The van der Waals surface area contributed by atoms with Crippen LogP contribution in [0.4, 0.5) is 0 Å². The van der Waals surface area contributed by atoms with Crippen LogP contribution in [-0.2, 0) is 25.7 Å². The Kier molecular flexibility index (Phi) is 2.10. The Balaban J connectivity index is 1.61. The molecule has 0 aromatic heterocycles. The fourth-order valence-corrected chi connectivity index (χ4v) is 4.32. The average molecular weight is 258 g/mol. The standard InChI is InChI=1S/C20H18/c1-3-13-9-17-7-8-18-10-14-4-2-6-16(14)12-20(18)19(17)11-15(13)5-1/h1-4,7-8H,5-6,9-12H2. The van der Waals surface area contributed by atoms with E-state index in [0.717, 1.165) is 0 Å². The van der Waals surface area contributed by atoms with Crippen LogP contribution >= 0.6 is 0 Å². The third-order valence-corrected chi connectivity index (χ3v) is 5.44. The number of benzene rings is 1. The molecule has 0 N–H and O–H groups in total. The lowest BCUT2D eigenvalue weighted by Gasteiger charge is -2.27. The predicted octanol–water partition coefficient (Wildman–Crippen LogP) is 4.40. The molecule has 0 aliphatic heterocycles. The number of hydrogen-bond acceptors (Lipinski definition) is 0. The van der Waals surface area contributed by atoms with Gasteiger partial charge in [0.15, 0.2) is 0 Å². The number of fused-ring (bicyclic) bond motifs is 3. The van der Waals surface area contributed by atoms with Crippen molar-refractivity contribution in [3.8, 4) is 0 Å². The van der Waals surface area contributed by atoms with Gasteiger partial charge in [-0.2, -0.15) is 0 Å². The molecule has 1 aromatic rings. The van der Waals surface area contributed by atoms with Crippen molar-refractivity contribution in [3.05, 3.63) is 81.0 Å². The van der Waals surface area contributed by atoms with E-state index >= 15 is 0 Å². The zero-order chi connectivity index (χ0) is 13.1. The summed E-state index contributed by atoms with van der Waals surface area (Å²) in [4.78, 5) is 0. The molecule has 20 heavy (non-hydrogen) atoms. The summed E-state index contributed by atoms with van der Waals surface area (Å²) in [5, 5.41) is 0. The van der Waals surface area contributed by atoms with Crippen LogP contribution in [0.15, 0.2) is 58.7 Å². The van der Waals surface area contributed by atoms with Crippen LogP contribution in [0, 0.1) is 0 Å². The van der Waals surface area contributed by atoms with Crippen LogP contribution in [0.3, 0.4) is 0 Å². The molecule has 0 amide bonds. The van der Waals surface area contributed by atoms with Crippen molar-refractivity contribution in [1.82, 2.24) is 0 Å². The third-order valence-electron chi connectivity index (χ3n) is 5.44. The first kappa shape index (κ1) is 10.9. The van der Waals surface area contributed by atoms with Gasteiger partial charge in [-0.15, -0.1) is 0 Å². The molecule has 0 saturated carbocycles. The minimum atomic E-state index is 1.17. The molecule has 4 aliphatic carbocycles. The van der Waals surface area contributed by atoms with Gasteiger partial charge in [0.2, 0.25) is 0 Å². The van der Waals surface area contributed by atoms with E-state index in [-0.39, 0.29) is 0 Å². The molecule has 0 spiro atoms.